The van der Waals surface area contributed by atoms with E-state index in [0.717, 1.165) is 0 Å². The Balaban J connectivity index is 1.91. The molecule has 2 N–H and O–H groups in total. The second-order valence-electron chi connectivity index (χ2n) is 4.40. The number of nitrogens with two attached hydrogens (primary N) is 1. The van der Waals surface area contributed by atoms with Gasteiger partial charge >= 0.3 is 6.09 Å². The lowest BCUT2D eigenvalue weighted by molar-refractivity contribution is 0.0660. The molecule has 6 nitrogen and oxygen atoms in total. The Bertz CT molecular complexity index is 756. The third-order valence-electron chi connectivity index (χ3n) is 3.08. The number of ether oxygens (including phenoxy) is 1. The van der Waals surface area contributed by atoms with Gasteiger partial charge in [0.25, 0.3) is 11.8 Å². The lowest BCUT2D eigenvalue weighted by atomic mass is 10.1. The average molecular weight is 282 g/mol. The fourth-order valence-electron chi connectivity index (χ4n) is 2.11. The van der Waals surface area contributed by atoms with E-state index in [2.05, 4.69) is 0 Å². The molecule has 2 aromatic rings. The van der Waals surface area contributed by atoms with E-state index < -0.39 is 17.9 Å². The number of nitrogens with zero attached hydrogens (tertiary/aromatic N) is 1. The van der Waals surface area contributed by atoms with Crippen LogP contribution in [-0.2, 0) is 0 Å². The van der Waals surface area contributed by atoms with Gasteiger partial charge in [-0.15, -0.1) is 0 Å². The number of fused-ring (bicyclic) bond motifs is 1. The van der Waals surface area contributed by atoms with Gasteiger partial charge in [0.05, 0.1) is 11.1 Å². The number of hydrogen-bond donors (Lipinski definition) is 1. The summed E-state index contributed by atoms with van der Waals surface area (Å²) < 4.78 is 5.01. The minimum Gasteiger partial charge on any atom is -0.410 e. The van der Waals surface area contributed by atoms with Crippen molar-refractivity contribution in [3.63, 3.8) is 0 Å². The van der Waals surface area contributed by atoms with Gasteiger partial charge in [-0.2, -0.15) is 4.90 Å². The minimum atomic E-state index is -1.05. The van der Waals surface area contributed by atoms with Crippen molar-refractivity contribution in [2.45, 2.75) is 0 Å². The number of carbonyl (C=O) groups is 3. The highest BCUT2D eigenvalue weighted by Crippen LogP contribution is 2.28. The molecule has 0 unspecified atom stereocenters. The van der Waals surface area contributed by atoms with Crippen LogP contribution in [0.15, 0.2) is 48.5 Å². The molecule has 1 aliphatic heterocycles. The van der Waals surface area contributed by atoms with Gasteiger partial charge in [-0.1, -0.05) is 24.3 Å². The van der Waals surface area contributed by atoms with E-state index >= 15 is 0 Å². The number of anilines is 1. The van der Waals surface area contributed by atoms with Gasteiger partial charge in [0.15, 0.2) is 0 Å². The summed E-state index contributed by atoms with van der Waals surface area (Å²) in [6.07, 6.45) is -1.05. The smallest absolute Gasteiger partial charge is 0.410 e. The molecule has 3 amide bonds. The number of para-hydroxylation sites is 1. The highest BCUT2D eigenvalue weighted by molar-refractivity contribution is 6.29. The van der Waals surface area contributed by atoms with Crippen LogP contribution in [-0.4, -0.2) is 22.8 Å². The van der Waals surface area contributed by atoms with Crippen molar-refractivity contribution in [3.8, 4) is 5.75 Å². The van der Waals surface area contributed by atoms with Gasteiger partial charge in [0.1, 0.15) is 5.75 Å². The second-order valence-corrected chi connectivity index (χ2v) is 4.40. The van der Waals surface area contributed by atoms with Crippen molar-refractivity contribution in [1.29, 1.82) is 0 Å². The molecule has 0 radical (unpaired) electrons. The number of imide groups is 3. The molecule has 21 heavy (non-hydrogen) atoms. The van der Waals surface area contributed by atoms with Crippen LogP contribution in [0.25, 0.3) is 0 Å². The zero-order valence-corrected chi connectivity index (χ0v) is 10.8. The van der Waals surface area contributed by atoms with Crippen LogP contribution in [0.4, 0.5) is 10.5 Å². The summed E-state index contributed by atoms with van der Waals surface area (Å²) in [5.41, 5.74) is 5.98. The molecule has 1 aliphatic rings. The van der Waals surface area contributed by atoms with Crippen LogP contribution in [0.2, 0.25) is 0 Å². The molecule has 104 valence electrons. The van der Waals surface area contributed by atoms with Crippen LogP contribution >= 0.6 is 0 Å². The summed E-state index contributed by atoms with van der Waals surface area (Å²) >= 11 is 0. The van der Waals surface area contributed by atoms with E-state index in [9.17, 15) is 14.4 Å². The topological polar surface area (TPSA) is 89.7 Å². The number of carbonyl (C=O) groups excluding carboxylic acids is 3. The van der Waals surface area contributed by atoms with E-state index in [1.165, 1.54) is 12.1 Å². The maximum Gasteiger partial charge on any atom is 0.429 e. The van der Waals surface area contributed by atoms with Crippen molar-refractivity contribution < 1.29 is 19.1 Å². The zero-order valence-electron chi connectivity index (χ0n) is 10.8. The highest BCUT2D eigenvalue weighted by Gasteiger charge is 2.42. The minimum absolute atomic E-state index is 0.0347. The molecule has 0 fully saturated rings. The lowest BCUT2D eigenvalue weighted by Crippen LogP contribution is -2.38. The molecular weight excluding hydrogens is 272 g/mol. The van der Waals surface area contributed by atoms with Crippen molar-refractivity contribution in [2.24, 2.45) is 0 Å². The Morgan fingerprint density at radius 2 is 1.67 bits per heavy atom. The normalized spacial score (nSPS) is 13.2. The average Bonchev–Trinajstić information content (AvgIpc) is 2.73. The van der Waals surface area contributed by atoms with Gasteiger partial charge in [0.2, 0.25) is 0 Å². The standard InChI is InChI=1S/C15H10N2O4/c16-11-8-4-7-10-12(11)14(19)17(13(10)18)15(20)21-9-5-2-1-3-6-9/h1-8H,16H2. The molecule has 6 heteroatoms. The zero-order chi connectivity index (χ0) is 15.0. The van der Waals surface area contributed by atoms with Gasteiger partial charge in [-0.25, -0.2) is 4.79 Å². The molecule has 0 aliphatic carbocycles. The monoisotopic (exact) mass is 282 g/mol. The maximum atomic E-state index is 12.2. The van der Waals surface area contributed by atoms with Gasteiger partial charge < -0.3 is 10.5 Å². The summed E-state index contributed by atoms with van der Waals surface area (Å²) in [5.74, 6) is -1.26. The number of hydrogen-bond acceptors (Lipinski definition) is 5. The Kier molecular flexibility index (Phi) is 2.91. The predicted octanol–water partition coefficient (Wildman–Crippen LogP) is 2.06. The van der Waals surface area contributed by atoms with Gasteiger partial charge in [0, 0.05) is 5.69 Å². The molecule has 0 atom stereocenters. The Hall–Kier alpha value is -3.15. The lowest BCUT2D eigenvalue weighted by Gasteiger charge is -2.11. The quantitative estimate of drug-likeness (QED) is 0.638. The molecular formula is C15H10N2O4. The van der Waals surface area contributed by atoms with Crippen LogP contribution in [0.1, 0.15) is 20.7 Å². The predicted molar refractivity (Wildman–Crippen MR) is 73.8 cm³/mol. The van der Waals surface area contributed by atoms with E-state index in [-0.39, 0.29) is 22.6 Å². The third-order valence-corrected chi connectivity index (χ3v) is 3.08. The number of benzene rings is 2. The van der Waals surface area contributed by atoms with E-state index in [1.807, 2.05) is 0 Å². The number of rotatable bonds is 1. The largest absolute Gasteiger partial charge is 0.429 e. The summed E-state index contributed by atoms with van der Waals surface area (Å²) in [6.45, 7) is 0. The van der Waals surface area contributed by atoms with E-state index in [0.29, 0.717) is 4.90 Å². The molecule has 1 heterocycles. The summed E-state index contributed by atoms with van der Waals surface area (Å²) in [5, 5.41) is 0. The van der Waals surface area contributed by atoms with Gasteiger partial charge in [-0.3, -0.25) is 9.59 Å². The van der Waals surface area contributed by atoms with E-state index in [4.69, 9.17) is 10.5 Å². The second kappa shape index (κ2) is 4.75. The first-order valence-electron chi connectivity index (χ1n) is 6.13. The van der Waals surface area contributed by atoms with Crippen molar-refractivity contribution in [1.82, 2.24) is 4.90 Å². The Morgan fingerprint density at radius 1 is 0.952 bits per heavy atom. The molecule has 2 aromatic carbocycles. The molecule has 0 aromatic heterocycles. The summed E-state index contributed by atoms with van der Waals surface area (Å²) in [6, 6.07) is 12.7. The van der Waals surface area contributed by atoms with Crippen molar-refractivity contribution >= 4 is 23.6 Å². The van der Waals surface area contributed by atoms with Gasteiger partial charge in [-0.05, 0) is 24.3 Å². The first-order chi connectivity index (χ1) is 10.1. The summed E-state index contributed by atoms with van der Waals surface area (Å²) in [7, 11) is 0. The number of nitrogen functional groups attached to an aromatic ring is 1. The SMILES string of the molecule is Nc1cccc2c1C(=O)N(C(=O)Oc1ccccc1)C2=O. The molecule has 3 rings (SSSR count). The fraction of sp³-hybridized carbons (Fsp3) is 0. The summed E-state index contributed by atoms with van der Waals surface area (Å²) in [4.78, 5) is 36.8. The first-order valence-corrected chi connectivity index (χ1v) is 6.13. The highest BCUT2D eigenvalue weighted by atomic mass is 16.6. The molecule has 0 spiro atoms. The Morgan fingerprint density at radius 3 is 2.33 bits per heavy atom. The molecule has 0 saturated carbocycles. The van der Waals surface area contributed by atoms with Crippen molar-refractivity contribution in [2.75, 3.05) is 5.73 Å². The fourth-order valence-corrected chi connectivity index (χ4v) is 2.11. The van der Waals surface area contributed by atoms with Crippen LogP contribution in [0, 0.1) is 0 Å². The van der Waals surface area contributed by atoms with Crippen molar-refractivity contribution in [3.05, 3.63) is 59.7 Å². The third kappa shape index (κ3) is 2.02. The van der Waals surface area contributed by atoms with E-state index in [1.54, 1.807) is 36.4 Å². The Labute approximate surface area is 119 Å². The maximum absolute atomic E-state index is 12.2. The van der Waals surface area contributed by atoms with Crippen LogP contribution in [0.3, 0.4) is 0 Å². The first kappa shape index (κ1) is 12.9. The van der Waals surface area contributed by atoms with Crippen LogP contribution in [0.5, 0.6) is 5.75 Å². The molecule has 0 bridgehead atoms. The van der Waals surface area contributed by atoms with Crippen LogP contribution < -0.4 is 10.5 Å². The number of amides is 3. The molecule has 0 saturated heterocycles.